The van der Waals surface area contributed by atoms with Gasteiger partial charge in [-0.2, -0.15) is 0 Å². The average molecular weight is 205 g/mol. The Labute approximate surface area is 84.6 Å². The van der Waals surface area contributed by atoms with Crippen LogP contribution in [-0.2, 0) is 0 Å². The van der Waals surface area contributed by atoms with Crippen LogP contribution in [0, 0.1) is 0 Å². The Kier molecular flexibility index (Phi) is 6.88. The summed E-state index contributed by atoms with van der Waals surface area (Å²) in [5, 5.41) is 0. The largest absolute Gasteiger partial charge is 0.261 e. The van der Waals surface area contributed by atoms with Crippen LogP contribution in [0.4, 0.5) is 0 Å². The van der Waals surface area contributed by atoms with E-state index in [4.69, 9.17) is 0 Å². The zero-order chi connectivity index (χ0) is 10.4. The number of hydrogen-bond acceptors (Lipinski definition) is 3. The topological polar surface area (TPSA) is 9.72 Å². The molecule has 13 heavy (non-hydrogen) atoms. The van der Waals surface area contributed by atoms with Gasteiger partial charge in [-0.1, -0.05) is 20.8 Å². The highest BCUT2D eigenvalue weighted by Gasteiger charge is 2.21. The molecule has 80 valence electrons. The summed E-state index contributed by atoms with van der Waals surface area (Å²) in [5.41, 5.74) is 0. The van der Waals surface area contributed by atoms with Crippen LogP contribution in [0.1, 0.15) is 20.8 Å². The van der Waals surface area contributed by atoms with Crippen molar-refractivity contribution in [2.75, 3.05) is 40.8 Å². The van der Waals surface area contributed by atoms with Crippen LogP contribution < -0.4 is 0 Å². The Morgan fingerprint density at radius 2 is 0.923 bits per heavy atom. The van der Waals surface area contributed by atoms with Crippen molar-refractivity contribution in [2.45, 2.75) is 20.8 Å². The normalized spacial score (nSPS) is 12.5. The molecule has 0 amide bonds. The molecular weight excluding hydrogens is 181 g/mol. The van der Waals surface area contributed by atoms with Gasteiger partial charge in [-0.15, -0.1) is 0 Å². The van der Waals surface area contributed by atoms with Crippen molar-refractivity contribution in [3.05, 3.63) is 0 Å². The maximum absolute atomic E-state index is 2.42. The Morgan fingerprint density at radius 1 is 0.692 bits per heavy atom. The van der Waals surface area contributed by atoms with E-state index in [9.17, 15) is 0 Å². The first kappa shape index (κ1) is 13.3. The zero-order valence-electron chi connectivity index (χ0n) is 9.91. The van der Waals surface area contributed by atoms with Gasteiger partial charge in [0.2, 0.25) is 0 Å². The van der Waals surface area contributed by atoms with E-state index < -0.39 is 0 Å². The highest BCUT2D eigenvalue weighted by atomic mass is 31.2. The maximum Gasteiger partial charge on any atom is 0.119 e. The lowest BCUT2D eigenvalue weighted by Gasteiger charge is -2.39. The number of hydrogen-bond donors (Lipinski definition) is 0. The van der Waals surface area contributed by atoms with Gasteiger partial charge in [0.25, 0.3) is 0 Å². The molecule has 0 rings (SSSR count). The Balaban J connectivity index is 4.34. The van der Waals surface area contributed by atoms with E-state index in [2.05, 4.69) is 55.9 Å². The molecule has 4 heteroatoms. The molecule has 0 aromatic carbocycles. The molecule has 0 fully saturated rings. The first-order valence-electron chi connectivity index (χ1n) is 5.01. The lowest BCUT2D eigenvalue weighted by Crippen LogP contribution is -2.32. The summed E-state index contributed by atoms with van der Waals surface area (Å²) >= 11 is 0. The van der Waals surface area contributed by atoms with Gasteiger partial charge in [-0.3, -0.25) is 14.0 Å². The summed E-state index contributed by atoms with van der Waals surface area (Å²) in [7, 11) is 6.35. The van der Waals surface area contributed by atoms with Gasteiger partial charge in [0.15, 0.2) is 0 Å². The molecule has 0 saturated heterocycles. The molecule has 0 saturated carbocycles. The molecule has 0 unspecified atom stereocenters. The molecule has 0 radical (unpaired) electrons. The third-order valence-electron chi connectivity index (χ3n) is 2.29. The van der Waals surface area contributed by atoms with Gasteiger partial charge in [-0.05, 0) is 21.1 Å². The van der Waals surface area contributed by atoms with Crippen LogP contribution in [0.25, 0.3) is 0 Å². The molecule has 0 aliphatic heterocycles. The quantitative estimate of drug-likeness (QED) is 0.615. The van der Waals surface area contributed by atoms with Crippen LogP contribution in [0.2, 0.25) is 0 Å². The fourth-order valence-electron chi connectivity index (χ4n) is 1.16. The van der Waals surface area contributed by atoms with Crippen molar-refractivity contribution in [3.8, 4) is 0 Å². The molecule has 0 aromatic rings. The predicted octanol–water partition coefficient (Wildman–Crippen LogP) is 2.07. The summed E-state index contributed by atoms with van der Waals surface area (Å²) < 4.78 is 7.26. The molecule has 0 aromatic heterocycles. The van der Waals surface area contributed by atoms with E-state index in [1.807, 2.05) is 0 Å². The van der Waals surface area contributed by atoms with E-state index in [1.54, 1.807) is 0 Å². The van der Waals surface area contributed by atoms with Crippen LogP contribution in [-0.4, -0.2) is 54.8 Å². The summed E-state index contributed by atoms with van der Waals surface area (Å²) in [6.45, 7) is 9.97. The van der Waals surface area contributed by atoms with Gasteiger partial charge in [0.05, 0.1) is 0 Å². The third kappa shape index (κ3) is 3.90. The highest BCUT2D eigenvalue weighted by molar-refractivity contribution is 7.50. The van der Waals surface area contributed by atoms with Crippen molar-refractivity contribution in [1.82, 2.24) is 14.0 Å². The molecule has 0 bridgehead atoms. The second-order valence-corrected chi connectivity index (χ2v) is 5.78. The first-order chi connectivity index (χ1) is 6.08. The van der Waals surface area contributed by atoms with Crippen molar-refractivity contribution in [2.24, 2.45) is 0 Å². The van der Waals surface area contributed by atoms with Crippen LogP contribution in [0.5, 0.6) is 0 Å². The Bertz CT molecular complexity index is 108. The minimum Gasteiger partial charge on any atom is -0.261 e. The highest BCUT2D eigenvalue weighted by Crippen LogP contribution is 2.43. The molecule has 3 nitrogen and oxygen atoms in total. The van der Waals surface area contributed by atoms with Gasteiger partial charge in [-0.25, -0.2) is 0 Å². The van der Waals surface area contributed by atoms with E-state index in [1.165, 1.54) is 0 Å². The summed E-state index contributed by atoms with van der Waals surface area (Å²) in [6.07, 6.45) is 0. The van der Waals surface area contributed by atoms with Gasteiger partial charge in [0, 0.05) is 19.6 Å². The molecule has 0 aliphatic carbocycles. The minimum atomic E-state index is -0.245. The first-order valence-corrected chi connectivity index (χ1v) is 6.21. The lowest BCUT2D eigenvalue weighted by molar-refractivity contribution is 0.414. The zero-order valence-corrected chi connectivity index (χ0v) is 10.8. The van der Waals surface area contributed by atoms with Crippen molar-refractivity contribution in [3.63, 3.8) is 0 Å². The van der Waals surface area contributed by atoms with E-state index >= 15 is 0 Å². The summed E-state index contributed by atoms with van der Waals surface area (Å²) in [6, 6.07) is 0. The number of rotatable bonds is 6. The molecule has 0 spiro atoms. The van der Waals surface area contributed by atoms with Crippen LogP contribution in [0.15, 0.2) is 0 Å². The average Bonchev–Trinajstić information content (AvgIpc) is 2.16. The third-order valence-corrected chi connectivity index (χ3v) is 4.97. The van der Waals surface area contributed by atoms with Crippen molar-refractivity contribution >= 4 is 8.37 Å². The molecular formula is C9H24N3P. The van der Waals surface area contributed by atoms with E-state index in [0.717, 1.165) is 19.6 Å². The minimum absolute atomic E-state index is 0.245. The fraction of sp³-hybridized carbons (Fsp3) is 1.00. The molecule has 0 heterocycles. The lowest BCUT2D eigenvalue weighted by atomic mass is 10.8. The Morgan fingerprint density at radius 3 is 1.08 bits per heavy atom. The van der Waals surface area contributed by atoms with E-state index in [0.29, 0.717) is 0 Å². The van der Waals surface area contributed by atoms with Crippen LogP contribution >= 0.6 is 8.37 Å². The van der Waals surface area contributed by atoms with E-state index in [-0.39, 0.29) is 8.37 Å². The van der Waals surface area contributed by atoms with Crippen molar-refractivity contribution < 1.29 is 0 Å². The molecule has 0 aliphatic rings. The second-order valence-electron chi connectivity index (χ2n) is 3.19. The smallest absolute Gasteiger partial charge is 0.119 e. The van der Waals surface area contributed by atoms with Crippen molar-refractivity contribution in [1.29, 1.82) is 0 Å². The molecule has 0 atom stereocenters. The van der Waals surface area contributed by atoms with Crippen LogP contribution in [0.3, 0.4) is 0 Å². The second kappa shape index (κ2) is 6.72. The SMILES string of the molecule is CCN(C)P(N(C)CC)N(C)CC. The summed E-state index contributed by atoms with van der Waals surface area (Å²) in [4.78, 5) is 0. The predicted molar refractivity (Wildman–Crippen MR) is 61.8 cm³/mol. The Hall–Kier alpha value is 0.310. The standard InChI is InChI=1S/C9H24N3P/c1-7-10(4)13(11(5)8-2)12(6)9-3/h7-9H2,1-6H3. The van der Waals surface area contributed by atoms with Gasteiger partial charge >= 0.3 is 0 Å². The van der Waals surface area contributed by atoms with Gasteiger partial charge in [0.1, 0.15) is 8.37 Å². The van der Waals surface area contributed by atoms with Gasteiger partial charge < -0.3 is 0 Å². The maximum atomic E-state index is 2.42. The fourth-order valence-corrected chi connectivity index (χ4v) is 3.48. The molecule has 0 N–H and O–H groups in total. The monoisotopic (exact) mass is 205 g/mol. The number of nitrogens with zero attached hydrogens (tertiary/aromatic N) is 3. The summed E-state index contributed by atoms with van der Waals surface area (Å²) in [5.74, 6) is 0.